The van der Waals surface area contributed by atoms with Crippen LogP contribution in [0.15, 0.2) is 0 Å². The van der Waals surface area contributed by atoms with Crippen molar-refractivity contribution < 1.29 is 17.9 Å². The number of hydrogen-bond donors (Lipinski definition) is 1. The molecule has 6 heteroatoms. The molecule has 0 aromatic rings. The largest absolute Gasteiger partial charge is 0.376 e. The summed E-state index contributed by atoms with van der Waals surface area (Å²) in [5.41, 5.74) is 0. The normalized spacial score (nSPS) is 32.8. The van der Waals surface area contributed by atoms with Crippen molar-refractivity contribution in [3.8, 4) is 0 Å². The van der Waals surface area contributed by atoms with Crippen molar-refractivity contribution in [3.63, 3.8) is 0 Å². The van der Waals surface area contributed by atoms with Gasteiger partial charge in [0, 0.05) is 12.3 Å². The van der Waals surface area contributed by atoms with Crippen LogP contribution in [0.4, 0.5) is 0 Å². The lowest BCUT2D eigenvalue weighted by atomic mass is 9.81. The Balaban J connectivity index is 2.04. The van der Waals surface area contributed by atoms with Gasteiger partial charge in [-0.2, -0.15) is 0 Å². The molecule has 21 heavy (non-hydrogen) atoms. The third kappa shape index (κ3) is 4.91. The minimum atomic E-state index is -2.94. The molecule has 124 valence electrons. The van der Waals surface area contributed by atoms with Gasteiger partial charge in [0.1, 0.15) is 9.84 Å². The zero-order chi connectivity index (χ0) is 15.3. The molecule has 2 fully saturated rings. The lowest BCUT2D eigenvalue weighted by Gasteiger charge is -2.39. The molecule has 0 spiro atoms. The summed E-state index contributed by atoms with van der Waals surface area (Å²) in [4.78, 5) is 0. The highest BCUT2D eigenvalue weighted by atomic mass is 32.2. The smallest absolute Gasteiger partial charge is 0.150 e. The fraction of sp³-hybridized carbons (Fsp3) is 1.00. The molecule has 1 aliphatic heterocycles. The maximum absolute atomic E-state index is 11.9. The maximum Gasteiger partial charge on any atom is 0.150 e. The maximum atomic E-state index is 11.9. The van der Waals surface area contributed by atoms with Crippen LogP contribution in [0, 0.1) is 5.92 Å². The van der Waals surface area contributed by atoms with Crippen LogP contribution < -0.4 is 5.32 Å². The van der Waals surface area contributed by atoms with E-state index < -0.39 is 9.84 Å². The van der Waals surface area contributed by atoms with Crippen LogP contribution >= 0.6 is 0 Å². The molecule has 0 aromatic carbocycles. The fourth-order valence-electron chi connectivity index (χ4n) is 3.52. The van der Waals surface area contributed by atoms with Gasteiger partial charge in [-0.3, -0.25) is 0 Å². The Bertz CT molecular complexity index is 406. The van der Waals surface area contributed by atoms with Crippen LogP contribution in [-0.4, -0.2) is 58.4 Å². The van der Waals surface area contributed by atoms with E-state index in [1.165, 1.54) is 6.26 Å². The first-order valence-corrected chi connectivity index (χ1v) is 10.1. The molecule has 1 saturated carbocycles. The Morgan fingerprint density at radius 2 is 2.10 bits per heavy atom. The van der Waals surface area contributed by atoms with Gasteiger partial charge in [0.25, 0.3) is 0 Å². The molecule has 0 aromatic heterocycles. The van der Waals surface area contributed by atoms with E-state index in [2.05, 4.69) is 12.2 Å². The minimum absolute atomic E-state index is 0.0496. The van der Waals surface area contributed by atoms with Gasteiger partial charge in [0.2, 0.25) is 0 Å². The van der Waals surface area contributed by atoms with E-state index in [0.29, 0.717) is 25.7 Å². The summed E-state index contributed by atoms with van der Waals surface area (Å²) < 4.78 is 35.2. The van der Waals surface area contributed by atoms with Crippen LogP contribution in [-0.2, 0) is 19.3 Å². The van der Waals surface area contributed by atoms with Crippen molar-refractivity contribution in [2.45, 2.75) is 56.4 Å². The molecule has 0 bridgehead atoms. The topological polar surface area (TPSA) is 64.6 Å². The summed E-state index contributed by atoms with van der Waals surface area (Å²) >= 11 is 0. The average molecular weight is 319 g/mol. The molecule has 2 aliphatic rings. The quantitative estimate of drug-likeness (QED) is 0.801. The number of nitrogens with one attached hydrogen (secondary N) is 1. The molecular formula is C15H29NO4S. The second-order valence-electron chi connectivity index (χ2n) is 6.34. The number of rotatable bonds is 6. The molecule has 0 amide bonds. The van der Waals surface area contributed by atoms with Crippen molar-refractivity contribution in [2.24, 2.45) is 5.92 Å². The molecule has 1 saturated heterocycles. The van der Waals surface area contributed by atoms with Gasteiger partial charge >= 0.3 is 0 Å². The molecular weight excluding hydrogens is 290 g/mol. The lowest BCUT2D eigenvalue weighted by Crippen LogP contribution is -2.52. The summed E-state index contributed by atoms with van der Waals surface area (Å²) in [7, 11) is -2.94. The summed E-state index contributed by atoms with van der Waals surface area (Å²) in [5, 5.41) is 3.39. The van der Waals surface area contributed by atoms with Crippen LogP contribution in [0.3, 0.4) is 0 Å². The molecule has 5 nitrogen and oxygen atoms in total. The van der Waals surface area contributed by atoms with Gasteiger partial charge in [-0.25, -0.2) is 8.42 Å². The van der Waals surface area contributed by atoms with Gasteiger partial charge in [-0.1, -0.05) is 13.3 Å². The fourth-order valence-corrected chi connectivity index (χ4v) is 4.71. The first-order chi connectivity index (χ1) is 10.0. The molecule has 4 atom stereocenters. The van der Waals surface area contributed by atoms with Crippen LogP contribution in [0.5, 0.6) is 0 Å². The number of sulfone groups is 1. The summed E-state index contributed by atoms with van der Waals surface area (Å²) in [6.07, 6.45) is 6.10. The second kappa shape index (κ2) is 7.90. The van der Waals surface area contributed by atoms with Gasteiger partial charge in [-0.05, 0) is 38.1 Å². The average Bonchev–Trinajstić information content (AvgIpc) is 2.48. The number of ether oxygens (including phenoxy) is 2. The summed E-state index contributed by atoms with van der Waals surface area (Å²) in [5.74, 6) is 0.358. The Kier molecular flexibility index (Phi) is 6.47. The Morgan fingerprint density at radius 3 is 2.71 bits per heavy atom. The van der Waals surface area contributed by atoms with Crippen LogP contribution in [0.1, 0.15) is 39.0 Å². The van der Waals surface area contributed by atoms with E-state index in [9.17, 15) is 8.42 Å². The highest BCUT2D eigenvalue weighted by Gasteiger charge is 2.37. The van der Waals surface area contributed by atoms with Gasteiger partial charge in [0.05, 0.1) is 31.2 Å². The zero-order valence-electron chi connectivity index (χ0n) is 13.2. The van der Waals surface area contributed by atoms with Crippen molar-refractivity contribution in [1.82, 2.24) is 5.32 Å². The Morgan fingerprint density at radius 1 is 1.29 bits per heavy atom. The Hall–Kier alpha value is -0.170. The second-order valence-corrected chi connectivity index (χ2v) is 8.67. The van der Waals surface area contributed by atoms with E-state index in [-0.39, 0.29) is 17.4 Å². The lowest BCUT2D eigenvalue weighted by molar-refractivity contribution is -0.110. The molecule has 0 radical (unpaired) electrons. The molecule has 1 heterocycles. The minimum Gasteiger partial charge on any atom is -0.376 e. The summed E-state index contributed by atoms with van der Waals surface area (Å²) in [6.45, 7) is 4.99. The molecule has 2 rings (SSSR count). The summed E-state index contributed by atoms with van der Waals surface area (Å²) in [6, 6.07) is 0.204. The van der Waals surface area contributed by atoms with Crippen LogP contribution in [0.25, 0.3) is 0 Å². The van der Waals surface area contributed by atoms with E-state index in [1.54, 1.807) is 0 Å². The van der Waals surface area contributed by atoms with Crippen molar-refractivity contribution in [2.75, 3.05) is 32.6 Å². The molecule has 4 unspecified atom stereocenters. The first-order valence-electron chi connectivity index (χ1n) is 8.14. The van der Waals surface area contributed by atoms with Crippen molar-refractivity contribution in [1.29, 1.82) is 0 Å². The third-order valence-electron chi connectivity index (χ3n) is 4.65. The number of hydrogen-bond acceptors (Lipinski definition) is 5. The van der Waals surface area contributed by atoms with Crippen LogP contribution in [0.2, 0.25) is 0 Å². The highest BCUT2D eigenvalue weighted by molar-refractivity contribution is 7.91. The SMILES string of the molecule is CCCNC(C1CCCC(S(C)(=O)=O)C1)C1COCCO1. The Labute approximate surface area is 128 Å². The van der Waals surface area contributed by atoms with E-state index in [0.717, 1.165) is 38.6 Å². The van der Waals surface area contributed by atoms with E-state index >= 15 is 0 Å². The third-order valence-corrected chi connectivity index (χ3v) is 6.29. The highest BCUT2D eigenvalue weighted by Crippen LogP contribution is 2.32. The van der Waals surface area contributed by atoms with E-state index in [4.69, 9.17) is 9.47 Å². The predicted octanol–water partition coefficient (Wildman–Crippen LogP) is 1.37. The van der Waals surface area contributed by atoms with Crippen molar-refractivity contribution in [3.05, 3.63) is 0 Å². The van der Waals surface area contributed by atoms with Gasteiger partial charge in [-0.15, -0.1) is 0 Å². The van der Waals surface area contributed by atoms with Crippen molar-refractivity contribution >= 4 is 9.84 Å². The zero-order valence-corrected chi connectivity index (χ0v) is 14.0. The predicted molar refractivity (Wildman–Crippen MR) is 83.2 cm³/mol. The van der Waals surface area contributed by atoms with Gasteiger partial charge in [0.15, 0.2) is 0 Å². The molecule has 1 aliphatic carbocycles. The van der Waals surface area contributed by atoms with Gasteiger partial charge < -0.3 is 14.8 Å². The monoisotopic (exact) mass is 319 g/mol. The first kappa shape index (κ1) is 17.2. The molecule has 1 N–H and O–H groups in total. The van der Waals surface area contributed by atoms with E-state index in [1.807, 2.05) is 0 Å². The standard InChI is InChI=1S/C15H29NO4S/c1-3-7-16-15(14-11-19-8-9-20-14)12-5-4-6-13(10-12)21(2,17)18/h12-16H,3-11H2,1-2H3.